The summed E-state index contributed by atoms with van der Waals surface area (Å²) in [7, 11) is 0. The Hall–Kier alpha value is -2.77. The SMILES string of the molecule is O=C(NCCNC(=O)c1ccc(Cl)c(Cl)c1)Nc1ccc(NC(=O)C2CC2)cc1. The van der Waals surface area contributed by atoms with Gasteiger partial charge in [-0.05, 0) is 55.3 Å². The number of urea groups is 1. The fraction of sp³-hybridized carbons (Fsp3) is 0.250. The highest BCUT2D eigenvalue weighted by Crippen LogP contribution is 2.30. The second-order valence-electron chi connectivity index (χ2n) is 6.61. The normalized spacial score (nSPS) is 12.8. The first-order valence-corrected chi connectivity index (χ1v) is 9.87. The highest BCUT2D eigenvalue weighted by molar-refractivity contribution is 6.42. The van der Waals surface area contributed by atoms with Crippen molar-refractivity contribution in [2.75, 3.05) is 23.7 Å². The van der Waals surface area contributed by atoms with Crippen molar-refractivity contribution in [1.82, 2.24) is 10.6 Å². The largest absolute Gasteiger partial charge is 0.350 e. The van der Waals surface area contributed by atoms with E-state index in [-0.39, 0.29) is 30.8 Å². The van der Waals surface area contributed by atoms with E-state index in [1.54, 1.807) is 36.4 Å². The van der Waals surface area contributed by atoms with Gasteiger partial charge < -0.3 is 21.3 Å². The van der Waals surface area contributed by atoms with Gasteiger partial charge in [-0.15, -0.1) is 0 Å². The van der Waals surface area contributed by atoms with Crippen molar-refractivity contribution in [3.8, 4) is 0 Å². The summed E-state index contributed by atoms with van der Waals surface area (Å²) in [6.07, 6.45) is 1.89. The second kappa shape index (κ2) is 9.62. The van der Waals surface area contributed by atoms with E-state index in [4.69, 9.17) is 23.2 Å². The molecule has 4 N–H and O–H groups in total. The Balaban J connectivity index is 1.36. The van der Waals surface area contributed by atoms with E-state index < -0.39 is 6.03 Å². The van der Waals surface area contributed by atoms with Crippen molar-refractivity contribution in [2.24, 2.45) is 5.92 Å². The molecule has 0 atom stereocenters. The lowest BCUT2D eigenvalue weighted by Crippen LogP contribution is -2.36. The van der Waals surface area contributed by atoms with Crippen molar-refractivity contribution >= 4 is 52.4 Å². The van der Waals surface area contributed by atoms with Crippen LogP contribution in [0.2, 0.25) is 10.0 Å². The molecule has 1 aliphatic rings. The number of halogens is 2. The zero-order valence-electron chi connectivity index (χ0n) is 15.4. The average molecular weight is 435 g/mol. The summed E-state index contributed by atoms with van der Waals surface area (Å²) < 4.78 is 0. The van der Waals surface area contributed by atoms with Crippen LogP contribution in [0.3, 0.4) is 0 Å². The van der Waals surface area contributed by atoms with Crippen LogP contribution >= 0.6 is 23.2 Å². The molecule has 0 aliphatic heterocycles. The molecular weight excluding hydrogens is 415 g/mol. The highest BCUT2D eigenvalue weighted by atomic mass is 35.5. The molecule has 0 radical (unpaired) electrons. The van der Waals surface area contributed by atoms with Gasteiger partial charge in [-0.3, -0.25) is 9.59 Å². The summed E-state index contributed by atoms with van der Waals surface area (Å²) in [4.78, 5) is 35.7. The van der Waals surface area contributed by atoms with Crippen LogP contribution in [-0.4, -0.2) is 30.9 Å². The first-order valence-electron chi connectivity index (χ1n) is 9.11. The van der Waals surface area contributed by atoms with E-state index >= 15 is 0 Å². The summed E-state index contributed by atoms with van der Waals surface area (Å²) >= 11 is 11.7. The lowest BCUT2D eigenvalue weighted by molar-refractivity contribution is -0.117. The zero-order chi connectivity index (χ0) is 20.8. The molecule has 2 aromatic carbocycles. The van der Waals surface area contributed by atoms with Crippen molar-refractivity contribution in [3.05, 3.63) is 58.1 Å². The van der Waals surface area contributed by atoms with Gasteiger partial charge in [-0.2, -0.15) is 0 Å². The third kappa shape index (κ3) is 6.37. The molecule has 1 aliphatic carbocycles. The third-order valence-electron chi connectivity index (χ3n) is 4.24. The minimum Gasteiger partial charge on any atom is -0.350 e. The fourth-order valence-electron chi connectivity index (χ4n) is 2.49. The third-order valence-corrected chi connectivity index (χ3v) is 4.98. The molecule has 1 fully saturated rings. The Morgan fingerprint density at radius 2 is 1.45 bits per heavy atom. The zero-order valence-corrected chi connectivity index (χ0v) is 16.9. The van der Waals surface area contributed by atoms with Crippen molar-refractivity contribution < 1.29 is 14.4 Å². The number of anilines is 2. The van der Waals surface area contributed by atoms with Crippen LogP contribution in [0.4, 0.5) is 16.2 Å². The van der Waals surface area contributed by atoms with Crippen LogP contribution < -0.4 is 21.3 Å². The van der Waals surface area contributed by atoms with Gasteiger partial charge in [0.25, 0.3) is 5.91 Å². The molecule has 0 unspecified atom stereocenters. The van der Waals surface area contributed by atoms with E-state index in [1.807, 2.05) is 0 Å². The van der Waals surface area contributed by atoms with Gasteiger partial charge in [0.15, 0.2) is 0 Å². The first kappa shape index (κ1) is 21.0. The van der Waals surface area contributed by atoms with Crippen molar-refractivity contribution in [1.29, 1.82) is 0 Å². The summed E-state index contributed by atoms with van der Waals surface area (Å²) in [5.74, 6) is -0.142. The summed E-state index contributed by atoms with van der Waals surface area (Å²) in [6, 6.07) is 11.1. The van der Waals surface area contributed by atoms with Crippen LogP contribution in [0, 0.1) is 5.92 Å². The molecule has 4 amide bonds. The highest BCUT2D eigenvalue weighted by Gasteiger charge is 2.29. The molecule has 0 bridgehead atoms. The fourth-order valence-corrected chi connectivity index (χ4v) is 2.79. The molecule has 152 valence electrons. The van der Waals surface area contributed by atoms with Crippen molar-refractivity contribution in [3.63, 3.8) is 0 Å². The average Bonchev–Trinajstić information content (AvgIpc) is 3.54. The molecule has 0 heterocycles. The second-order valence-corrected chi connectivity index (χ2v) is 7.42. The van der Waals surface area contributed by atoms with Gasteiger partial charge >= 0.3 is 6.03 Å². The van der Waals surface area contributed by atoms with Crippen LogP contribution in [0.25, 0.3) is 0 Å². The monoisotopic (exact) mass is 434 g/mol. The van der Waals surface area contributed by atoms with Crippen LogP contribution in [0.5, 0.6) is 0 Å². The summed E-state index contributed by atoms with van der Waals surface area (Å²) in [5, 5.41) is 11.5. The molecule has 2 aromatic rings. The van der Waals surface area contributed by atoms with Gasteiger partial charge in [-0.25, -0.2) is 4.79 Å². The smallest absolute Gasteiger partial charge is 0.319 e. The number of amides is 4. The standard InChI is InChI=1S/C20H20Cl2N4O3/c21-16-8-3-13(11-17(16)22)18(27)23-9-10-24-20(29)26-15-6-4-14(5-7-15)25-19(28)12-1-2-12/h3-8,11-12H,1-2,9-10H2,(H,23,27)(H,25,28)(H2,24,26,29). The quantitative estimate of drug-likeness (QED) is 0.497. The predicted molar refractivity (Wildman–Crippen MR) is 114 cm³/mol. The van der Waals surface area contributed by atoms with Gasteiger partial charge in [0.1, 0.15) is 0 Å². The van der Waals surface area contributed by atoms with Gasteiger partial charge in [0, 0.05) is 35.9 Å². The molecule has 29 heavy (non-hydrogen) atoms. The van der Waals surface area contributed by atoms with Crippen LogP contribution in [0.15, 0.2) is 42.5 Å². The molecule has 9 heteroatoms. The minimum absolute atomic E-state index is 0.0337. The van der Waals surface area contributed by atoms with E-state index in [0.717, 1.165) is 12.8 Å². The molecular formula is C20H20Cl2N4O3. The van der Waals surface area contributed by atoms with E-state index in [9.17, 15) is 14.4 Å². The number of carbonyl (C=O) groups excluding carboxylic acids is 3. The topological polar surface area (TPSA) is 99.3 Å². The lowest BCUT2D eigenvalue weighted by Gasteiger charge is -2.10. The number of nitrogens with one attached hydrogen (secondary N) is 4. The van der Waals surface area contributed by atoms with Gasteiger partial charge in [0.05, 0.1) is 10.0 Å². The predicted octanol–water partition coefficient (Wildman–Crippen LogP) is 3.89. The molecule has 3 rings (SSSR count). The van der Waals surface area contributed by atoms with Gasteiger partial charge in [-0.1, -0.05) is 23.2 Å². The van der Waals surface area contributed by atoms with E-state index in [2.05, 4.69) is 21.3 Å². The number of rotatable bonds is 7. The Morgan fingerprint density at radius 1 is 0.828 bits per heavy atom. The number of hydrogen-bond acceptors (Lipinski definition) is 3. The molecule has 7 nitrogen and oxygen atoms in total. The summed E-state index contributed by atoms with van der Waals surface area (Å²) in [5.41, 5.74) is 1.67. The minimum atomic E-state index is -0.399. The number of benzene rings is 2. The molecule has 1 saturated carbocycles. The van der Waals surface area contributed by atoms with E-state index in [0.29, 0.717) is 27.0 Å². The Labute approximate surface area is 178 Å². The Kier molecular flexibility index (Phi) is 6.95. The molecule has 0 aromatic heterocycles. The maximum absolute atomic E-state index is 12.0. The molecule has 0 spiro atoms. The molecule has 0 saturated heterocycles. The van der Waals surface area contributed by atoms with E-state index in [1.165, 1.54) is 6.07 Å². The van der Waals surface area contributed by atoms with Gasteiger partial charge in [0.2, 0.25) is 5.91 Å². The lowest BCUT2D eigenvalue weighted by atomic mass is 10.2. The maximum Gasteiger partial charge on any atom is 0.319 e. The number of hydrogen-bond donors (Lipinski definition) is 4. The Morgan fingerprint density at radius 3 is 2.07 bits per heavy atom. The number of carbonyl (C=O) groups is 3. The maximum atomic E-state index is 12.0. The van der Waals surface area contributed by atoms with Crippen molar-refractivity contribution in [2.45, 2.75) is 12.8 Å². The van der Waals surface area contributed by atoms with Crippen LogP contribution in [0.1, 0.15) is 23.2 Å². The summed E-state index contributed by atoms with van der Waals surface area (Å²) in [6.45, 7) is 0.493. The Bertz CT molecular complexity index is 914. The van der Waals surface area contributed by atoms with Crippen LogP contribution in [-0.2, 0) is 4.79 Å². The first-order chi connectivity index (χ1) is 13.9.